The molecule has 0 bridgehead atoms. The molecular weight excluding hydrogens is 388 g/mol. The third kappa shape index (κ3) is 3.22. The Kier molecular flexibility index (Phi) is 4.74. The van der Waals surface area contributed by atoms with Crippen molar-refractivity contribution in [3.8, 4) is 0 Å². The van der Waals surface area contributed by atoms with Crippen LogP contribution < -0.4 is 4.72 Å². The van der Waals surface area contributed by atoms with E-state index in [-0.39, 0.29) is 10.0 Å². The number of nitrogens with one attached hydrogen (secondary N) is 1. The Morgan fingerprint density at radius 2 is 1.30 bits per heavy atom. The Labute approximate surface area is 136 Å². The number of anilines is 1. The summed E-state index contributed by atoms with van der Waals surface area (Å²) in [5.41, 5.74) is -1.72. The maximum atomic E-state index is 13.5. The lowest BCUT2D eigenvalue weighted by molar-refractivity contribution is 0.382. The number of sulfonamides is 1. The van der Waals surface area contributed by atoms with Crippen LogP contribution in [0.3, 0.4) is 0 Å². The summed E-state index contributed by atoms with van der Waals surface area (Å²) in [7, 11) is -4.76. The van der Waals surface area contributed by atoms with Crippen molar-refractivity contribution in [2.75, 3.05) is 4.72 Å². The van der Waals surface area contributed by atoms with Gasteiger partial charge in [0.05, 0.1) is 5.02 Å². The molecule has 124 valence electrons. The van der Waals surface area contributed by atoms with Crippen LogP contribution in [-0.2, 0) is 10.0 Å². The van der Waals surface area contributed by atoms with Crippen LogP contribution in [0.15, 0.2) is 23.1 Å². The SMILES string of the molecule is O=S(=O)(Nc1c(F)c(F)c(F)c(F)c1F)c1cc(Cl)ccc1Cl. The highest BCUT2D eigenvalue weighted by molar-refractivity contribution is 7.92. The van der Waals surface area contributed by atoms with E-state index in [1.54, 1.807) is 0 Å². The van der Waals surface area contributed by atoms with Gasteiger partial charge >= 0.3 is 0 Å². The molecule has 0 spiro atoms. The van der Waals surface area contributed by atoms with E-state index in [0.29, 0.717) is 0 Å². The summed E-state index contributed by atoms with van der Waals surface area (Å²) in [6, 6.07) is 3.16. The topological polar surface area (TPSA) is 46.2 Å². The Balaban J connectivity index is 2.61. The van der Waals surface area contributed by atoms with E-state index in [0.717, 1.165) is 12.1 Å². The number of halogens is 7. The standard InChI is InChI=1S/C12H4Cl2F5NO2S/c13-4-1-2-5(14)6(3-4)23(21,22)20-12-10(18)8(16)7(15)9(17)11(12)19/h1-3,20H. The zero-order valence-electron chi connectivity index (χ0n) is 10.6. The van der Waals surface area contributed by atoms with Crippen molar-refractivity contribution in [3.05, 3.63) is 57.3 Å². The first-order chi connectivity index (χ1) is 10.6. The van der Waals surface area contributed by atoms with Crippen molar-refractivity contribution < 1.29 is 30.4 Å². The molecule has 0 aromatic heterocycles. The van der Waals surface area contributed by atoms with Gasteiger partial charge in [0.25, 0.3) is 10.0 Å². The lowest BCUT2D eigenvalue weighted by Crippen LogP contribution is -2.18. The summed E-state index contributed by atoms with van der Waals surface area (Å²) in [6.07, 6.45) is 0. The summed E-state index contributed by atoms with van der Waals surface area (Å²) in [6.45, 7) is 0. The summed E-state index contributed by atoms with van der Waals surface area (Å²) in [4.78, 5) is -0.699. The average molecular weight is 392 g/mol. The van der Waals surface area contributed by atoms with Crippen molar-refractivity contribution in [1.82, 2.24) is 0 Å². The molecule has 0 aliphatic rings. The Hall–Kier alpha value is -1.58. The van der Waals surface area contributed by atoms with Gasteiger partial charge in [-0.2, -0.15) is 0 Å². The third-order valence-electron chi connectivity index (χ3n) is 2.63. The lowest BCUT2D eigenvalue weighted by atomic mass is 10.2. The van der Waals surface area contributed by atoms with E-state index in [4.69, 9.17) is 23.2 Å². The van der Waals surface area contributed by atoms with Gasteiger partial charge in [-0.15, -0.1) is 0 Å². The first-order valence-electron chi connectivity index (χ1n) is 5.55. The smallest absolute Gasteiger partial charge is 0.263 e. The number of hydrogen-bond donors (Lipinski definition) is 1. The molecule has 23 heavy (non-hydrogen) atoms. The zero-order chi connectivity index (χ0) is 17.5. The van der Waals surface area contributed by atoms with Gasteiger partial charge in [0.15, 0.2) is 23.3 Å². The largest absolute Gasteiger partial charge is 0.274 e. The van der Waals surface area contributed by atoms with Crippen molar-refractivity contribution in [2.45, 2.75) is 4.90 Å². The van der Waals surface area contributed by atoms with Crippen molar-refractivity contribution in [1.29, 1.82) is 0 Å². The summed E-state index contributed by atoms with van der Waals surface area (Å²) >= 11 is 11.2. The molecule has 0 aliphatic heterocycles. The molecule has 0 unspecified atom stereocenters. The molecule has 0 amide bonds. The molecule has 1 N–H and O–H groups in total. The zero-order valence-corrected chi connectivity index (χ0v) is 12.9. The van der Waals surface area contributed by atoms with Crippen molar-refractivity contribution in [3.63, 3.8) is 0 Å². The van der Waals surface area contributed by atoms with Crippen LogP contribution in [0.1, 0.15) is 0 Å². The van der Waals surface area contributed by atoms with Gasteiger partial charge in [-0.25, -0.2) is 30.4 Å². The van der Waals surface area contributed by atoms with Gasteiger partial charge in [-0.1, -0.05) is 23.2 Å². The molecule has 0 heterocycles. The van der Waals surface area contributed by atoms with Crippen LogP contribution in [0.2, 0.25) is 10.0 Å². The monoisotopic (exact) mass is 391 g/mol. The Morgan fingerprint density at radius 3 is 1.83 bits per heavy atom. The lowest BCUT2D eigenvalue weighted by Gasteiger charge is -2.12. The van der Waals surface area contributed by atoms with Crippen LogP contribution in [0.25, 0.3) is 0 Å². The second-order valence-electron chi connectivity index (χ2n) is 4.13. The minimum Gasteiger partial charge on any atom is -0.274 e. The summed E-state index contributed by atoms with van der Waals surface area (Å²) in [5, 5.41) is -0.446. The minimum atomic E-state index is -4.76. The summed E-state index contributed by atoms with van der Waals surface area (Å²) < 4.78 is 91.5. The van der Waals surface area contributed by atoms with E-state index in [1.807, 2.05) is 0 Å². The Bertz CT molecular complexity index is 876. The molecule has 3 nitrogen and oxygen atoms in total. The average Bonchev–Trinajstić information content (AvgIpc) is 2.50. The molecule has 0 atom stereocenters. The summed E-state index contributed by atoms with van der Waals surface area (Å²) in [5.74, 6) is -11.7. The first kappa shape index (κ1) is 17.8. The number of rotatable bonds is 3. The molecule has 0 saturated heterocycles. The fourth-order valence-corrected chi connectivity index (χ4v) is 3.39. The van der Waals surface area contributed by atoms with Crippen molar-refractivity contribution in [2.24, 2.45) is 0 Å². The second-order valence-corrected chi connectivity index (χ2v) is 6.62. The van der Waals surface area contributed by atoms with Crippen LogP contribution in [-0.4, -0.2) is 8.42 Å². The second kappa shape index (κ2) is 6.14. The highest BCUT2D eigenvalue weighted by Gasteiger charge is 2.29. The van der Waals surface area contributed by atoms with E-state index >= 15 is 0 Å². The van der Waals surface area contributed by atoms with Gasteiger partial charge in [0.2, 0.25) is 5.82 Å². The molecule has 11 heteroatoms. The molecular formula is C12H4Cl2F5NO2S. The van der Waals surface area contributed by atoms with Crippen LogP contribution >= 0.6 is 23.2 Å². The van der Waals surface area contributed by atoms with Gasteiger partial charge in [0.1, 0.15) is 10.6 Å². The third-order valence-corrected chi connectivity index (χ3v) is 4.70. The van der Waals surface area contributed by atoms with E-state index in [1.165, 1.54) is 10.8 Å². The minimum absolute atomic E-state index is 0.0767. The van der Waals surface area contributed by atoms with Crippen LogP contribution in [0, 0.1) is 29.1 Å². The molecule has 2 aromatic carbocycles. The quantitative estimate of drug-likeness (QED) is 0.476. The van der Waals surface area contributed by atoms with E-state index < -0.39 is 49.7 Å². The molecule has 0 radical (unpaired) electrons. The molecule has 0 fully saturated rings. The number of hydrogen-bond acceptors (Lipinski definition) is 2. The highest BCUT2D eigenvalue weighted by atomic mass is 35.5. The van der Waals surface area contributed by atoms with Gasteiger partial charge in [-0.05, 0) is 18.2 Å². The van der Waals surface area contributed by atoms with Crippen LogP contribution in [0.4, 0.5) is 27.6 Å². The normalized spacial score (nSPS) is 11.6. The fourth-order valence-electron chi connectivity index (χ4n) is 1.57. The highest BCUT2D eigenvalue weighted by Crippen LogP contribution is 2.31. The van der Waals surface area contributed by atoms with Gasteiger partial charge < -0.3 is 0 Å². The molecule has 2 aromatic rings. The first-order valence-corrected chi connectivity index (χ1v) is 7.79. The van der Waals surface area contributed by atoms with Crippen molar-refractivity contribution >= 4 is 38.9 Å². The van der Waals surface area contributed by atoms with E-state index in [9.17, 15) is 30.4 Å². The predicted octanol–water partition coefficient (Wildman–Crippen LogP) is 4.49. The van der Waals surface area contributed by atoms with Crippen LogP contribution in [0.5, 0.6) is 0 Å². The predicted molar refractivity (Wildman–Crippen MR) is 73.5 cm³/mol. The maximum absolute atomic E-state index is 13.5. The molecule has 0 saturated carbocycles. The maximum Gasteiger partial charge on any atom is 0.263 e. The van der Waals surface area contributed by atoms with Gasteiger partial charge in [-0.3, -0.25) is 4.72 Å². The molecule has 2 rings (SSSR count). The van der Waals surface area contributed by atoms with E-state index in [2.05, 4.69) is 0 Å². The number of benzene rings is 2. The Morgan fingerprint density at radius 1 is 0.826 bits per heavy atom. The molecule has 0 aliphatic carbocycles. The fraction of sp³-hybridized carbons (Fsp3) is 0. The van der Waals surface area contributed by atoms with Gasteiger partial charge in [0, 0.05) is 5.02 Å².